The molecule has 2 aromatic carbocycles. The van der Waals surface area contributed by atoms with Crippen LogP contribution in [0.15, 0.2) is 48.5 Å². The number of hydrogen-bond acceptors (Lipinski definition) is 5. The number of nitrogens with zero attached hydrogens (tertiary/aromatic N) is 2. The van der Waals surface area contributed by atoms with Gasteiger partial charge in [0.25, 0.3) is 0 Å². The molecule has 8 nitrogen and oxygen atoms in total. The van der Waals surface area contributed by atoms with Crippen LogP contribution >= 0.6 is 0 Å². The molecule has 208 valence electrons. The van der Waals surface area contributed by atoms with Crippen molar-refractivity contribution < 1.29 is 22.7 Å². The van der Waals surface area contributed by atoms with Gasteiger partial charge in [-0.15, -0.1) is 0 Å². The highest BCUT2D eigenvalue weighted by Crippen LogP contribution is 2.23. The SMILES string of the molecule is CCOc1ccc(N(CCCC(=O)N(Cc2ccccc2C)[C@@H](C)C(=O)NC2CCCC2)S(C)(=O)=O)cc1. The molecule has 1 aliphatic carbocycles. The van der Waals surface area contributed by atoms with Gasteiger partial charge in [0.2, 0.25) is 21.8 Å². The second kappa shape index (κ2) is 13.6. The maximum Gasteiger partial charge on any atom is 0.242 e. The Labute approximate surface area is 227 Å². The van der Waals surface area contributed by atoms with E-state index in [-0.39, 0.29) is 30.8 Å². The number of anilines is 1. The minimum Gasteiger partial charge on any atom is -0.494 e. The quantitative estimate of drug-likeness (QED) is 0.404. The van der Waals surface area contributed by atoms with Gasteiger partial charge in [0.15, 0.2) is 0 Å². The number of ether oxygens (including phenoxy) is 1. The van der Waals surface area contributed by atoms with Gasteiger partial charge in [-0.25, -0.2) is 8.42 Å². The van der Waals surface area contributed by atoms with Crippen molar-refractivity contribution in [1.29, 1.82) is 0 Å². The lowest BCUT2D eigenvalue weighted by Gasteiger charge is -2.30. The third-order valence-corrected chi connectivity index (χ3v) is 8.25. The molecule has 1 saturated carbocycles. The second-order valence-corrected chi connectivity index (χ2v) is 11.9. The lowest BCUT2D eigenvalue weighted by atomic mass is 10.1. The number of hydrogen-bond donors (Lipinski definition) is 1. The van der Waals surface area contributed by atoms with Crippen molar-refractivity contribution in [3.63, 3.8) is 0 Å². The molecule has 0 radical (unpaired) electrons. The van der Waals surface area contributed by atoms with Crippen LogP contribution < -0.4 is 14.4 Å². The molecule has 1 fully saturated rings. The molecule has 2 aromatic rings. The topological polar surface area (TPSA) is 96.0 Å². The van der Waals surface area contributed by atoms with Crippen molar-refractivity contribution >= 4 is 27.5 Å². The molecule has 3 rings (SSSR count). The number of nitrogens with one attached hydrogen (secondary N) is 1. The maximum absolute atomic E-state index is 13.5. The Bertz CT molecular complexity index is 1180. The summed E-state index contributed by atoms with van der Waals surface area (Å²) in [6.07, 6.45) is 5.75. The smallest absolute Gasteiger partial charge is 0.242 e. The summed E-state index contributed by atoms with van der Waals surface area (Å²) in [5.74, 6) is 0.338. The lowest BCUT2D eigenvalue weighted by molar-refractivity contribution is -0.141. The van der Waals surface area contributed by atoms with Crippen molar-refractivity contribution in [2.75, 3.05) is 23.7 Å². The molecule has 2 amide bonds. The highest BCUT2D eigenvalue weighted by molar-refractivity contribution is 7.92. The Kier molecular flexibility index (Phi) is 10.6. The van der Waals surface area contributed by atoms with Gasteiger partial charge in [0.1, 0.15) is 11.8 Å². The van der Waals surface area contributed by atoms with Crippen LogP contribution in [0.3, 0.4) is 0 Å². The monoisotopic (exact) mass is 543 g/mol. The molecule has 0 saturated heterocycles. The van der Waals surface area contributed by atoms with Crippen LogP contribution in [0, 0.1) is 6.92 Å². The van der Waals surface area contributed by atoms with E-state index in [1.165, 1.54) is 4.31 Å². The zero-order valence-electron chi connectivity index (χ0n) is 23.0. The summed E-state index contributed by atoms with van der Waals surface area (Å²) in [5.41, 5.74) is 2.55. The molecule has 1 N–H and O–H groups in total. The fraction of sp³-hybridized carbons (Fsp3) is 0.517. The highest BCUT2D eigenvalue weighted by atomic mass is 32.2. The van der Waals surface area contributed by atoms with E-state index in [0.717, 1.165) is 43.1 Å². The Hall–Kier alpha value is -3.07. The summed E-state index contributed by atoms with van der Waals surface area (Å²) in [5, 5.41) is 3.11. The first-order chi connectivity index (χ1) is 18.1. The van der Waals surface area contributed by atoms with Gasteiger partial charge < -0.3 is 15.0 Å². The van der Waals surface area contributed by atoms with Crippen LogP contribution in [0.2, 0.25) is 0 Å². The van der Waals surface area contributed by atoms with E-state index in [9.17, 15) is 18.0 Å². The standard InChI is InChI=1S/C29H41N3O5S/c1-5-37-27-18-16-26(17-19-27)32(38(4,35)36)20-10-15-28(33)31(21-24-12-7-6-11-22(24)2)23(3)29(34)30-25-13-8-9-14-25/h6-7,11-12,16-19,23,25H,5,8-10,13-15,20-21H2,1-4H3,(H,30,34)/t23-/m0/s1. The predicted molar refractivity (Wildman–Crippen MR) is 151 cm³/mol. The summed E-state index contributed by atoms with van der Waals surface area (Å²) >= 11 is 0. The van der Waals surface area contributed by atoms with E-state index in [0.29, 0.717) is 31.0 Å². The Morgan fingerprint density at radius 3 is 2.34 bits per heavy atom. The van der Waals surface area contributed by atoms with Crippen molar-refractivity contribution in [2.45, 2.75) is 77.9 Å². The molecule has 1 atom stereocenters. The van der Waals surface area contributed by atoms with Gasteiger partial charge in [-0.1, -0.05) is 37.1 Å². The van der Waals surface area contributed by atoms with Crippen molar-refractivity contribution in [2.24, 2.45) is 0 Å². The Morgan fingerprint density at radius 1 is 1.08 bits per heavy atom. The zero-order chi connectivity index (χ0) is 27.7. The predicted octanol–water partition coefficient (Wildman–Crippen LogP) is 4.42. The number of amides is 2. The minimum atomic E-state index is -3.56. The third-order valence-electron chi connectivity index (χ3n) is 7.06. The fourth-order valence-electron chi connectivity index (χ4n) is 4.82. The summed E-state index contributed by atoms with van der Waals surface area (Å²) in [7, 11) is -3.56. The summed E-state index contributed by atoms with van der Waals surface area (Å²) in [6, 6.07) is 14.2. The van der Waals surface area contributed by atoms with E-state index < -0.39 is 16.1 Å². The van der Waals surface area contributed by atoms with E-state index in [4.69, 9.17) is 4.74 Å². The summed E-state index contributed by atoms with van der Waals surface area (Å²) < 4.78 is 31.8. The van der Waals surface area contributed by atoms with Crippen LogP contribution in [-0.4, -0.2) is 56.6 Å². The number of carbonyl (C=O) groups excluding carboxylic acids is 2. The van der Waals surface area contributed by atoms with Gasteiger partial charge in [-0.05, 0) is 75.4 Å². The molecule has 0 unspecified atom stereocenters. The van der Waals surface area contributed by atoms with Crippen LogP contribution in [0.1, 0.15) is 63.5 Å². The Balaban J connectivity index is 1.71. The fourth-order valence-corrected chi connectivity index (χ4v) is 5.79. The average molecular weight is 544 g/mol. The number of sulfonamides is 1. The van der Waals surface area contributed by atoms with Gasteiger partial charge in [0, 0.05) is 25.6 Å². The maximum atomic E-state index is 13.5. The van der Waals surface area contributed by atoms with E-state index in [2.05, 4.69) is 5.32 Å². The first-order valence-electron chi connectivity index (χ1n) is 13.4. The molecule has 9 heteroatoms. The normalized spacial score (nSPS) is 14.6. The molecule has 0 spiro atoms. The molecule has 1 aliphatic rings. The molecule has 0 heterocycles. The number of carbonyl (C=O) groups is 2. The second-order valence-electron chi connectivity index (χ2n) is 9.98. The summed E-state index contributed by atoms with van der Waals surface area (Å²) in [4.78, 5) is 28.2. The number of rotatable bonds is 13. The highest BCUT2D eigenvalue weighted by Gasteiger charge is 2.29. The molecule has 0 aromatic heterocycles. The van der Waals surface area contributed by atoms with Crippen LogP contribution in [0.4, 0.5) is 5.69 Å². The Morgan fingerprint density at radius 2 is 1.74 bits per heavy atom. The lowest BCUT2D eigenvalue weighted by Crippen LogP contribution is -2.49. The minimum absolute atomic E-state index is 0.121. The molecular weight excluding hydrogens is 502 g/mol. The van der Waals surface area contributed by atoms with Gasteiger partial charge in [0.05, 0.1) is 18.6 Å². The molecule has 38 heavy (non-hydrogen) atoms. The molecular formula is C29H41N3O5S. The van der Waals surface area contributed by atoms with Crippen LogP contribution in [-0.2, 0) is 26.2 Å². The number of benzene rings is 2. The van der Waals surface area contributed by atoms with Crippen LogP contribution in [0.25, 0.3) is 0 Å². The van der Waals surface area contributed by atoms with Gasteiger partial charge >= 0.3 is 0 Å². The van der Waals surface area contributed by atoms with Gasteiger partial charge in [-0.2, -0.15) is 0 Å². The first kappa shape index (κ1) is 29.5. The van der Waals surface area contributed by atoms with Crippen LogP contribution in [0.5, 0.6) is 5.75 Å². The largest absolute Gasteiger partial charge is 0.494 e. The van der Waals surface area contributed by atoms with E-state index in [1.807, 2.05) is 38.1 Å². The van der Waals surface area contributed by atoms with E-state index in [1.54, 1.807) is 36.1 Å². The molecule has 0 bridgehead atoms. The third kappa shape index (κ3) is 8.21. The zero-order valence-corrected chi connectivity index (χ0v) is 23.8. The molecule has 0 aliphatic heterocycles. The first-order valence-corrected chi connectivity index (χ1v) is 15.3. The van der Waals surface area contributed by atoms with Crippen molar-refractivity contribution in [3.8, 4) is 5.75 Å². The van der Waals surface area contributed by atoms with Crippen molar-refractivity contribution in [1.82, 2.24) is 10.2 Å². The van der Waals surface area contributed by atoms with E-state index >= 15 is 0 Å². The van der Waals surface area contributed by atoms with Gasteiger partial charge in [-0.3, -0.25) is 13.9 Å². The summed E-state index contributed by atoms with van der Waals surface area (Å²) in [6.45, 7) is 6.63. The number of aryl methyl sites for hydroxylation is 1. The van der Waals surface area contributed by atoms with Crippen molar-refractivity contribution in [3.05, 3.63) is 59.7 Å². The average Bonchev–Trinajstić information content (AvgIpc) is 3.39.